The van der Waals surface area contributed by atoms with Crippen LogP contribution >= 0.6 is 0 Å². The van der Waals surface area contributed by atoms with Gasteiger partial charge in [-0.25, -0.2) is 0 Å². The third-order valence-electron chi connectivity index (χ3n) is 2.93. The van der Waals surface area contributed by atoms with Crippen LogP contribution in [-0.4, -0.2) is 22.8 Å². The molecule has 0 aliphatic heterocycles. The maximum atomic E-state index is 11.1. The minimum absolute atomic E-state index is 0.316. The number of carbonyl (C=O) groups is 1. The van der Waals surface area contributed by atoms with Crippen LogP contribution in [0.25, 0.3) is 0 Å². The van der Waals surface area contributed by atoms with E-state index in [2.05, 4.69) is 26.5 Å². The number of aliphatic hydroxyl groups is 1. The summed E-state index contributed by atoms with van der Waals surface area (Å²) in [6.45, 7) is 12.8. The molecule has 20 heavy (non-hydrogen) atoms. The van der Waals surface area contributed by atoms with Gasteiger partial charge >= 0.3 is 5.97 Å². The van der Waals surface area contributed by atoms with Gasteiger partial charge in [0.15, 0.2) is 0 Å². The van der Waals surface area contributed by atoms with E-state index >= 15 is 0 Å². The van der Waals surface area contributed by atoms with Crippen molar-refractivity contribution >= 4 is 5.97 Å². The summed E-state index contributed by atoms with van der Waals surface area (Å²) in [6, 6.07) is 0. The van der Waals surface area contributed by atoms with Gasteiger partial charge in [-0.05, 0) is 46.6 Å². The predicted molar refractivity (Wildman–Crippen MR) is 83.4 cm³/mol. The Morgan fingerprint density at radius 1 is 1.35 bits per heavy atom. The summed E-state index contributed by atoms with van der Waals surface area (Å²) in [5.41, 5.74) is 1.40. The lowest BCUT2D eigenvalue weighted by Gasteiger charge is -2.24. The van der Waals surface area contributed by atoms with E-state index in [0.29, 0.717) is 6.42 Å². The molecule has 1 N–H and O–H groups in total. The van der Waals surface area contributed by atoms with Gasteiger partial charge in [0.1, 0.15) is 6.10 Å². The summed E-state index contributed by atoms with van der Waals surface area (Å²) < 4.78 is 5.25. The zero-order chi connectivity index (χ0) is 15.8. The lowest BCUT2D eigenvalue weighted by atomic mass is 9.96. The van der Waals surface area contributed by atoms with E-state index in [9.17, 15) is 9.90 Å². The molecule has 2 atom stereocenters. The first-order valence-electron chi connectivity index (χ1n) is 7.00. The quantitative estimate of drug-likeness (QED) is 0.541. The molecule has 0 saturated carbocycles. The highest BCUT2D eigenvalue weighted by Gasteiger charge is 2.22. The van der Waals surface area contributed by atoms with Gasteiger partial charge < -0.3 is 9.84 Å². The summed E-state index contributed by atoms with van der Waals surface area (Å²) >= 11 is 0. The molecule has 0 rings (SSSR count). The van der Waals surface area contributed by atoms with Gasteiger partial charge in [-0.1, -0.05) is 23.3 Å². The average Bonchev–Trinajstić information content (AvgIpc) is 2.26. The Morgan fingerprint density at radius 2 is 1.95 bits per heavy atom. The molecule has 0 aromatic heterocycles. The molecule has 3 nitrogen and oxygen atoms in total. The second-order valence-electron chi connectivity index (χ2n) is 5.75. The molecule has 0 radical (unpaired) electrons. The van der Waals surface area contributed by atoms with Crippen LogP contribution in [-0.2, 0) is 9.53 Å². The smallest absolute Gasteiger partial charge is 0.303 e. The molecule has 114 valence electrons. The van der Waals surface area contributed by atoms with Crippen LogP contribution in [0.15, 0.2) is 36.0 Å². The normalized spacial score (nSPS) is 16.0. The van der Waals surface area contributed by atoms with Gasteiger partial charge in [0, 0.05) is 13.3 Å². The predicted octanol–water partition coefficient (Wildman–Crippen LogP) is 3.94. The maximum absolute atomic E-state index is 11.1. The minimum atomic E-state index is -1.04. The highest BCUT2D eigenvalue weighted by Crippen LogP contribution is 2.19. The summed E-state index contributed by atoms with van der Waals surface area (Å²) in [7, 11) is 0. The van der Waals surface area contributed by atoms with Crippen LogP contribution in [0, 0.1) is 0 Å². The zero-order valence-corrected chi connectivity index (χ0v) is 13.4. The number of carbonyl (C=O) groups excluding carboxylic acids is 1. The lowest BCUT2D eigenvalue weighted by Crippen LogP contribution is -2.29. The second-order valence-corrected chi connectivity index (χ2v) is 5.75. The molecule has 0 unspecified atom stereocenters. The first-order chi connectivity index (χ1) is 9.16. The molecular weight excluding hydrogens is 252 g/mol. The van der Waals surface area contributed by atoms with Gasteiger partial charge in [-0.3, -0.25) is 4.79 Å². The zero-order valence-electron chi connectivity index (χ0n) is 13.4. The summed E-state index contributed by atoms with van der Waals surface area (Å²) in [6.07, 6.45) is 7.34. The van der Waals surface area contributed by atoms with Crippen molar-refractivity contribution in [3.05, 3.63) is 36.0 Å². The molecule has 0 aliphatic carbocycles. The van der Waals surface area contributed by atoms with E-state index in [1.54, 1.807) is 6.92 Å². The molecule has 0 aliphatic rings. The van der Waals surface area contributed by atoms with Gasteiger partial charge in [0.05, 0.1) is 5.60 Å². The average molecular weight is 280 g/mol. The molecule has 0 fully saturated rings. The van der Waals surface area contributed by atoms with Crippen molar-refractivity contribution in [3.63, 3.8) is 0 Å². The Kier molecular flexibility index (Phi) is 8.16. The molecule has 0 heterocycles. The van der Waals surface area contributed by atoms with Crippen molar-refractivity contribution < 1.29 is 14.6 Å². The van der Waals surface area contributed by atoms with Crippen LogP contribution in [0.2, 0.25) is 0 Å². The number of hydrogen-bond acceptors (Lipinski definition) is 3. The molecule has 0 saturated heterocycles. The summed E-state index contributed by atoms with van der Waals surface area (Å²) in [5, 5.41) is 10.0. The van der Waals surface area contributed by atoms with Crippen LogP contribution in [0.5, 0.6) is 0 Å². The van der Waals surface area contributed by atoms with Crippen molar-refractivity contribution in [1.82, 2.24) is 0 Å². The van der Waals surface area contributed by atoms with Gasteiger partial charge in [0.2, 0.25) is 0 Å². The third-order valence-corrected chi connectivity index (χ3v) is 2.93. The molecule has 0 aromatic carbocycles. The van der Waals surface area contributed by atoms with Crippen molar-refractivity contribution in [2.24, 2.45) is 0 Å². The highest BCUT2D eigenvalue weighted by molar-refractivity contribution is 5.66. The fourth-order valence-corrected chi connectivity index (χ4v) is 1.83. The molecule has 3 heteroatoms. The van der Waals surface area contributed by atoms with Gasteiger partial charge in [0.25, 0.3) is 0 Å². The van der Waals surface area contributed by atoms with E-state index < -0.39 is 11.7 Å². The number of allylic oxidation sites excluding steroid dienone is 3. The Balaban J connectivity index is 4.73. The first kappa shape index (κ1) is 18.7. The van der Waals surface area contributed by atoms with E-state index in [4.69, 9.17) is 4.74 Å². The van der Waals surface area contributed by atoms with Crippen molar-refractivity contribution in [2.75, 3.05) is 0 Å². The third kappa shape index (κ3) is 9.56. The van der Waals surface area contributed by atoms with Crippen molar-refractivity contribution in [2.45, 2.75) is 65.6 Å². The van der Waals surface area contributed by atoms with Crippen LogP contribution in [0.4, 0.5) is 0 Å². The SMILES string of the molecule is C=C[C@](C)(O)C[C@@H](/C=C(\C)CCC=C(C)C)OC(C)=O. The van der Waals surface area contributed by atoms with Crippen LogP contribution in [0.1, 0.15) is 53.9 Å². The standard InChI is InChI=1S/C17H28O3/c1-7-17(6,19)12-16(20-15(5)18)11-14(4)10-8-9-13(2)3/h7,9,11,16,19H,1,8,10,12H2,2-6H3/b14-11+/t16-,17+/m1/s1. The Morgan fingerprint density at radius 3 is 2.40 bits per heavy atom. The number of rotatable bonds is 8. The van der Waals surface area contributed by atoms with E-state index in [1.807, 2.05) is 13.0 Å². The van der Waals surface area contributed by atoms with Crippen molar-refractivity contribution in [1.29, 1.82) is 0 Å². The van der Waals surface area contributed by atoms with Crippen LogP contribution < -0.4 is 0 Å². The number of esters is 1. The monoisotopic (exact) mass is 280 g/mol. The van der Waals surface area contributed by atoms with E-state index in [-0.39, 0.29) is 5.97 Å². The molecular formula is C17H28O3. The molecule has 0 amide bonds. The minimum Gasteiger partial charge on any atom is -0.458 e. The van der Waals surface area contributed by atoms with Crippen LogP contribution in [0.3, 0.4) is 0 Å². The number of ether oxygens (including phenoxy) is 1. The second kappa shape index (κ2) is 8.75. The fourth-order valence-electron chi connectivity index (χ4n) is 1.83. The maximum Gasteiger partial charge on any atom is 0.303 e. The topological polar surface area (TPSA) is 46.5 Å². The molecule has 0 aromatic rings. The number of hydrogen-bond donors (Lipinski definition) is 1. The molecule has 0 bridgehead atoms. The lowest BCUT2D eigenvalue weighted by molar-refractivity contribution is -0.145. The fraction of sp³-hybridized carbons (Fsp3) is 0.588. The Labute approximate surface area is 123 Å². The largest absolute Gasteiger partial charge is 0.458 e. The van der Waals surface area contributed by atoms with E-state index in [0.717, 1.165) is 18.4 Å². The Bertz CT molecular complexity index is 385. The van der Waals surface area contributed by atoms with E-state index in [1.165, 1.54) is 18.6 Å². The summed E-state index contributed by atoms with van der Waals surface area (Å²) in [4.78, 5) is 11.1. The van der Waals surface area contributed by atoms with Gasteiger partial charge in [-0.2, -0.15) is 0 Å². The molecule has 0 spiro atoms. The first-order valence-corrected chi connectivity index (χ1v) is 7.00. The highest BCUT2D eigenvalue weighted by atomic mass is 16.5. The summed E-state index contributed by atoms with van der Waals surface area (Å²) in [5.74, 6) is -0.344. The Hall–Kier alpha value is -1.35. The van der Waals surface area contributed by atoms with Crippen molar-refractivity contribution in [3.8, 4) is 0 Å². The van der Waals surface area contributed by atoms with Gasteiger partial charge in [-0.15, -0.1) is 6.58 Å².